The number of rotatable bonds is 5. The first kappa shape index (κ1) is 12.5. The third-order valence-electron chi connectivity index (χ3n) is 3.52. The van der Waals surface area contributed by atoms with Crippen molar-refractivity contribution in [1.29, 1.82) is 0 Å². The molecule has 0 saturated carbocycles. The van der Waals surface area contributed by atoms with Gasteiger partial charge in [-0.05, 0) is 18.3 Å². The van der Waals surface area contributed by atoms with Crippen LogP contribution in [0.5, 0.6) is 0 Å². The van der Waals surface area contributed by atoms with Crippen LogP contribution in [-0.2, 0) is 11.2 Å². The first-order valence-electron chi connectivity index (χ1n) is 6.36. The third-order valence-corrected chi connectivity index (χ3v) is 3.52. The van der Waals surface area contributed by atoms with Gasteiger partial charge in [0.05, 0.1) is 6.04 Å². The monoisotopic (exact) mass is 239 g/mol. The van der Waals surface area contributed by atoms with Gasteiger partial charge in [-0.15, -0.1) is 0 Å². The predicted molar refractivity (Wildman–Crippen MR) is 63.3 cm³/mol. The Morgan fingerprint density at radius 2 is 2.35 bits per heavy atom. The Labute approximate surface area is 102 Å². The zero-order valence-corrected chi connectivity index (χ0v) is 10.6. The molecule has 0 spiro atoms. The standard InChI is InChI=1S/C12H21N3O2/c1-3-8(2)11(13)12-14-10(15-17-12)6-9-4-5-16-7-9/h8-9,11H,3-7,13H2,1-2H3. The summed E-state index contributed by atoms with van der Waals surface area (Å²) in [5, 5.41) is 4.00. The molecule has 1 fully saturated rings. The van der Waals surface area contributed by atoms with Gasteiger partial charge in [-0.3, -0.25) is 0 Å². The molecule has 1 aromatic rings. The van der Waals surface area contributed by atoms with Crippen LogP contribution in [0.15, 0.2) is 4.52 Å². The molecule has 2 heterocycles. The molecule has 2 rings (SSSR count). The Morgan fingerprint density at radius 1 is 1.53 bits per heavy atom. The zero-order valence-electron chi connectivity index (χ0n) is 10.6. The van der Waals surface area contributed by atoms with Gasteiger partial charge in [-0.1, -0.05) is 25.4 Å². The fraction of sp³-hybridized carbons (Fsp3) is 0.833. The van der Waals surface area contributed by atoms with Crippen molar-refractivity contribution < 1.29 is 9.26 Å². The summed E-state index contributed by atoms with van der Waals surface area (Å²) in [5.74, 6) is 2.21. The van der Waals surface area contributed by atoms with Crippen LogP contribution in [0.25, 0.3) is 0 Å². The van der Waals surface area contributed by atoms with Crippen molar-refractivity contribution in [3.05, 3.63) is 11.7 Å². The minimum absolute atomic E-state index is 0.152. The molecule has 1 aliphatic rings. The molecule has 3 unspecified atom stereocenters. The second-order valence-corrected chi connectivity index (χ2v) is 4.89. The summed E-state index contributed by atoms with van der Waals surface area (Å²) in [7, 11) is 0. The van der Waals surface area contributed by atoms with Gasteiger partial charge >= 0.3 is 0 Å². The number of ether oxygens (including phenoxy) is 1. The molecule has 96 valence electrons. The van der Waals surface area contributed by atoms with Crippen LogP contribution in [0, 0.1) is 11.8 Å². The fourth-order valence-corrected chi connectivity index (χ4v) is 1.99. The molecule has 0 aromatic carbocycles. The lowest BCUT2D eigenvalue weighted by molar-refractivity contribution is 0.185. The lowest BCUT2D eigenvalue weighted by Crippen LogP contribution is -2.19. The van der Waals surface area contributed by atoms with Crippen LogP contribution in [0.4, 0.5) is 0 Å². The van der Waals surface area contributed by atoms with Crippen molar-refractivity contribution in [2.24, 2.45) is 17.6 Å². The van der Waals surface area contributed by atoms with E-state index in [0.29, 0.717) is 17.7 Å². The lowest BCUT2D eigenvalue weighted by Gasteiger charge is -2.13. The van der Waals surface area contributed by atoms with Gasteiger partial charge in [0.25, 0.3) is 0 Å². The molecule has 1 aromatic heterocycles. The number of hydrogen-bond acceptors (Lipinski definition) is 5. The minimum Gasteiger partial charge on any atom is -0.381 e. The number of nitrogens with zero attached hydrogens (tertiary/aromatic N) is 2. The highest BCUT2D eigenvalue weighted by Crippen LogP contribution is 2.22. The molecule has 5 nitrogen and oxygen atoms in total. The Hall–Kier alpha value is -0.940. The van der Waals surface area contributed by atoms with Gasteiger partial charge in [0.15, 0.2) is 5.82 Å². The highest BCUT2D eigenvalue weighted by Gasteiger charge is 2.22. The highest BCUT2D eigenvalue weighted by atomic mass is 16.5. The number of hydrogen-bond donors (Lipinski definition) is 1. The normalized spacial score (nSPS) is 23.8. The first-order chi connectivity index (χ1) is 8.20. The molecule has 0 radical (unpaired) electrons. The van der Waals surface area contributed by atoms with Gasteiger partial charge in [0, 0.05) is 19.6 Å². The van der Waals surface area contributed by atoms with E-state index in [9.17, 15) is 0 Å². The van der Waals surface area contributed by atoms with Gasteiger partial charge in [0.1, 0.15) is 0 Å². The van der Waals surface area contributed by atoms with E-state index in [1.165, 1.54) is 0 Å². The van der Waals surface area contributed by atoms with Crippen LogP contribution in [0.1, 0.15) is 44.4 Å². The van der Waals surface area contributed by atoms with Crippen LogP contribution < -0.4 is 5.73 Å². The second-order valence-electron chi connectivity index (χ2n) is 4.89. The van der Waals surface area contributed by atoms with Crippen LogP contribution in [0.3, 0.4) is 0 Å². The molecule has 2 N–H and O–H groups in total. The van der Waals surface area contributed by atoms with Crippen molar-refractivity contribution in [2.75, 3.05) is 13.2 Å². The molecular weight excluding hydrogens is 218 g/mol. The number of aromatic nitrogens is 2. The van der Waals surface area contributed by atoms with E-state index in [1.54, 1.807) is 0 Å². The quantitative estimate of drug-likeness (QED) is 0.846. The summed E-state index contributed by atoms with van der Waals surface area (Å²) >= 11 is 0. The van der Waals surface area contributed by atoms with Gasteiger partial charge in [-0.25, -0.2) is 0 Å². The first-order valence-corrected chi connectivity index (χ1v) is 6.36. The van der Waals surface area contributed by atoms with Gasteiger partial charge < -0.3 is 15.0 Å². The Morgan fingerprint density at radius 3 is 3.00 bits per heavy atom. The largest absolute Gasteiger partial charge is 0.381 e. The minimum atomic E-state index is -0.152. The molecule has 3 atom stereocenters. The van der Waals surface area contributed by atoms with Crippen LogP contribution >= 0.6 is 0 Å². The Bertz CT molecular complexity index is 347. The maximum atomic E-state index is 6.05. The summed E-state index contributed by atoms with van der Waals surface area (Å²) in [6, 6.07) is -0.152. The van der Waals surface area contributed by atoms with Crippen molar-refractivity contribution in [3.63, 3.8) is 0 Å². The van der Waals surface area contributed by atoms with E-state index >= 15 is 0 Å². The molecule has 1 saturated heterocycles. The lowest BCUT2D eigenvalue weighted by atomic mass is 10.0. The average molecular weight is 239 g/mol. The van der Waals surface area contributed by atoms with Crippen molar-refractivity contribution in [1.82, 2.24) is 10.1 Å². The van der Waals surface area contributed by atoms with Crippen molar-refractivity contribution in [3.8, 4) is 0 Å². The molecular formula is C12H21N3O2. The third kappa shape index (κ3) is 3.04. The van der Waals surface area contributed by atoms with E-state index in [0.717, 1.165) is 38.3 Å². The van der Waals surface area contributed by atoms with Crippen LogP contribution in [0.2, 0.25) is 0 Å². The van der Waals surface area contributed by atoms with Gasteiger partial charge in [-0.2, -0.15) is 4.98 Å². The summed E-state index contributed by atoms with van der Waals surface area (Å²) in [5.41, 5.74) is 6.05. The van der Waals surface area contributed by atoms with E-state index in [1.807, 2.05) is 0 Å². The second kappa shape index (κ2) is 5.60. The molecule has 0 amide bonds. The van der Waals surface area contributed by atoms with Crippen molar-refractivity contribution in [2.45, 2.75) is 39.2 Å². The predicted octanol–water partition coefficient (Wildman–Crippen LogP) is 1.69. The van der Waals surface area contributed by atoms with E-state index in [4.69, 9.17) is 15.0 Å². The summed E-state index contributed by atoms with van der Waals surface area (Å²) in [6.07, 6.45) is 2.92. The maximum Gasteiger partial charge on any atom is 0.243 e. The number of nitrogens with two attached hydrogens (primary N) is 1. The van der Waals surface area contributed by atoms with Crippen LogP contribution in [-0.4, -0.2) is 23.4 Å². The SMILES string of the molecule is CCC(C)C(N)c1nc(CC2CCOC2)no1. The van der Waals surface area contributed by atoms with E-state index in [2.05, 4.69) is 24.0 Å². The fourth-order valence-electron chi connectivity index (χ4n) is 1.99. The Kier molecular flexibility index (Phi) is 4.12. The maximum absolute atomic E-state index is 6.05. The summed E-state index contributed by atoms with van der Waals surface area (Å²) in [6.45, 7) is 5.86. The summed E-state index contributed by atoms with van der Waals surface area (Å²) in [4.78, 5) is 4.38. The van der Waals surface area contributed by atoms with Gasteiger partial charge in [0.2, 0.25) is 5.89 Å². The molecule has 5 heteroatoms. The highest BCUT2D eigenvalue weighted by molar-refractivity contribution is 4.95. The topological polar surface area (TPSA) is 74.2 Å². The molecule has 0 aliphatic carbocycles. The average Bonchev–Trinajstić information content (AvgIpc) is 2.99. The molecule has 0 bridgehead atoms. The van der Waals surface area contributed by atoms with E-state index < -0.39 is 0 Å². The molecule has 1 aliphatic heterocycles. The smallest absolute Gasteiger partial charge is 0.243 e. The summed E-state index contributed by atoms with van der Waals surface area (Å²) < 4.78 is 10.6. The molecule has 17 heavy (non-hydrogen) atoms. The van der Waals surface area contributed by atoms with Crippen molar-refractivity contribution >= 4 is 0 Å². The zero-order chi connectivity index (χ0) is 12.3. The van der Waals surface area contributed by atoms with E-state index in [-0.39, 0.29) is 6.04 Å². The Balaban J connectivity index is 1.95.